The number of aryl methyl sites for hydroxylation is 1. The minimum absolute atomic E-state index is 0.363. The minimum Gasteiger partial charge on any atom is -0.335 e. The van der Waals surface area contributed by atoms with Crippen LogP contribution in [0.3, 0.4) is 0 Å². The van der Waals surface area contributed by atoms with Crippen molar-refractivity contribution in [3.8, 4) is 0 Å². The van der Waals surface area contributed by atoms with Gasteiger partial charge in [-0.15, -0.1) is 0 Å². The Hall–Kier alpha value is -1.62. The zero-order valence-electron chi connectivity index (χ0n) is 16.1. The highest BCUT2D eigenvalue weighted by atomic mass is 16.2. The predicted octanol–water partition coefficient (Wildman–Crippen LogP) is 2.98. The topological polar surface area (TPSA) is 41.4 Å². The van der Waals surface area contributed by atoms with Crippen molar-refractivity contribution in [2.75, 3.05) is 26.2 Å². The van der Waals surface area contributed by atoms with Crippen LogP contribution < -0.4 is 0 Å². The number of rotatable bonds is 4. The molecule has 26 heavy (non-hydrogen) atoms. The second-order valence-corrected chi connectivity index (χ2v) is 8.72. The SMILES string of the molecule is Cn1cc(CN2CCC3(CCC(CC(=O)N4CC=CC4)CC3)CC2)cn1. The number of nitrogens with zero attached hydrogens (tertiary/aromatic N) is 4. The highest BCUT2D eigenvalue weighted by Gasteiger charge is 2.38. The van der Waals surface area contributed by atoms with Gasteiger partial charge in [0, 0.05) is 44.9 Å². The average Bonchev–Trinajstić information content (AvgIpc) is 3.31. The molecule has 4 rings (SSSR count). The van der Waals surface area contributed by atoms with Crippen LogP contribution >= 0.6 is 0 Å². The molecule has 1 amide bonds. The summed E-state index contributed by atoms with van der Waals surface area (Å²) in [7, 11) is 1.98. The van der Waals surface area contributed by atoms with Crippen molar-refractivity contribution in [3.63, 3.8) is 0 Å². The number of likely N-dealkylation sites (tertiary alicyclic amines) is 1. The van der Waals surface area contributed by atoms with Gasteiger partial charge in [-0.3, -0.25) is 14.4 Å². The molecule has 142 valence electrons. The van der Waals surface area contributed by atoms with Crippen LogP contribution in [0.15, 0.2) is 24.5 Å². The van der Waals surface area contributed by atoms with Crippen molar-refractivity contribution in [1.29, 1.82) is 0 Å². The van der Waals surface area contributed by atoms with Crippen LogP contribution in [-0.4, -0.2) is 51.7 Å². The third-order valence-electron chi connectivity index (χ3n) is 6.88. The maximum atomic E-state index is 12.4. The molecule has 0 N–H and O–H groups in total. The Morgan fingerprint density at radius 3 is 2.46 bits per heavy atom. The van der Waals surface area contributed by atoms with Gasteiger partial charge in [0.25, 0.3) is 0 Å². The third kappa shape index (κ3) is 4.03. The van der Waals surface area contributed by atoms with Gasteiger partial charge in [0.1, 0.15) is 0 Å². The van der Waals surface area contributed by atoms with E-state index < -0.39 is 0 Å². The summed E-state index contributed by atoms with van der Waals surface area (Å²) in [6.45, 7) is 5.09. The van der Waals surface area contributed by atoms with E-state index >= 15 is 0 Å². The van der Waals surface area contributed by atoms with E-state index in [-0.39, 0.29) is 0 Å². The summed E-state index contributed by atoms with van der Waals surface area (Å²) in [6.07, 6.45) is 16.9. The summed E-state index contributed by atoms with van der Waals surface area (Å²) >= 11 is 0. The van der Waals surface area contributed by atoms with Crippen LogP contribution in [0.25, 0.3) is 0 Å². The van der Waals surface area contributed by atoms with Crippen LogP contribution in [-0.2, 0) is 18.4 Å². The number of amides is 1. The monoisotopic (exact) mass is 356 g/mol. The zero-order valence-corrected chi connectivity index (χ0v) is 16.1. The molecule has 1 spiro atoms. The summed E-state index contributed by atoms with van der Waals surface area (Å²) in [5.41, 5.74) is 1.88. The summed E-state index contributed by atoms with van der Waals surface area (Å²) < 4.78 is 1.89. The lowest BCUT2D eigenvalue weighted by Gasteiger charge is -2.46. The van der Waals surface area contributed by atoms with Gasteiger partial charge in [0.05, 0.1) is 6.20 Å². The van der Waals surface area contributed by atoms with E-state index in [1.165, 1.54) is 57.2 Å². The van der Waals surface area contributed by atoms with Gasteiger partial charge in [0.15, 0.2) is 0 Å². The molecule has 3 heterocycles. The van der Waals surface area contributed by atoms with Gasteiger partial charge in [-0.25, -0.2) is 0 Å². The molecule has 1 aliphatic carbocycles. The summed E-state index contributed by atoms with van der Waals surface area (Å²) in [4.78, 5) is 16.9. The fourth-order valence-electron chi connectivity index (χ4n) is 5.05. The first-order valence-electron chi connectivity index (χ1n) is 10.2. The smallest absolute Gasteiger partial charge is 0.223 e. The van der Waals surface area contributed by atoms with Gasteiger partial charge in [0.2, 0.25) is 5.91 Å². The molecule has 5 nitrogen and oxygen atoms in total. The minimum atomic E-state index is 0.363. The molecule has 1 aromatic rings. The molecule has 0 aromatic carbocycles. The Morgan fingerprint density at radius 2 is 1.85 bits per heavy atom. The quantitative estimate of drug-likeness (QED) is 0.779. The molecular formula is C21H32N4O. The van der Waals surface area contributed by atoms with E-state index in [1.54, 1.807) is 0 Å². The summed E-state index contributed by atoms with van der Waals surface area (Å²) in [5, 5.41) is 4.28. The molecule has 2 fully saturated rings. The fourth-order valence-corrected chi connectivity index (χ4v) is 5.05. The van der Waals surface area contributed by atoms with Gasteiger partial charge in [-0.1, -0.05) is 12.2 Å². The molecule has 2 aliphatic heterocycles. The lowest BCUT2D eigenvalue weighted by atomic mass is 9.65. The number of hydrogen-bond donors (Lipinski definition) is 0. The largest absolute Gasteiger partial charge is 0.335 e. The molecular weight excluding hydrogens is 324 g/mol. The van der Waals surface area contributed by atoms with Crippen LogP contribution in [0, 0.1) is 11.3 Å². The third-order valence-corrected chi connectivity index (χ3v) is 6.88. The van der Waals surface area contributed by atoms with Gasteiger partial charge < -0.3 is 4.90 Å². The highest BCUT2D eigenvalue weighted by molar-refractivity contribution is 5.77. The maximum Gasteiger partial charge on any atom is 0.223 e. The Kier molecular flexibility index (Phi) is 5.16. The summed E-state index contributed by atoms with van der Waals surface area (Å²) in [6, 6.07) is 0. The first-order chi connectivity index (χ1) is 12.6. The van der Waals surface area contributed by atoms with Crippen LogP contribution in [0.4, 0.5) is 0 Å². The lowest BCUT2D eigenvalue weighted by molar-refractivity contribution is -0.131. The molecule has 0 radical (unpaired) electrons. The van der Waals surface area contributed by atoms with Gasteiger partial charge in [-0.05, 0) is 62.9 Å². The van der Waals surface area contributed by atoms with Gasteiger partial charge >= 0.3 is 0 Å². The summed E-state index contributed by atoms with van der Waals surface area (Å²) in [5.74, 6) is 0.976. The first kappa shape index (κ1) is 17.8. The molecule has 0 atom stereocenters. The first-order valence-corrected chi connectivity index (χ1v) is 10.2. The second-order valence-electron chi connectivity index (χ2n) is 8.72. The molecule has 3 aliphatic rings. The molecule has 0 bridgehead atoms. The van der Waals surface area contributed by atoms with Crippen molar-refractivity contribution in [2.45, 2.75) is 51.5 Å². The number of carbonyl (C=O) groups is 1. The van der Waals surface area contributed by atoms with Crippen molar-refractivity contribution in [2.24, 2.45) is 18.4 Å². The Balaban J connectivity index is 1.21. The number of aromatic nitrogens is 2. The van der Waals surface area contributed by atoms with Crippen LogP contribution in [0.2, 0.25) is 0 Å². The van der Waals surface area contributed by atoms with E-state index in [2.05, 4.69) is 28.3 Å². The van der Waals surface area contributed by atoms with E-state index in [9.17, 15) is 4.79 Å². The normalized spacial score (nSPS) is 23.8. The molecule has 1 saturated carbocycles. The predicted molar refractivity (Wildman–Crippen MR) is 102 cm³/mol. The van der Waals surface area contributed by atoms with Crippen molar-refractivity contribution in [3.05, 3.63) is 30.1 Å². The Bertz CT molecular complexity index is 639. The Labute approximate surface area is 157 Å². The molecule has 1 saturated heterocycles. The molecule has 1 aromatic heterocycles. The maximum absolute atomic E-state index is 12.4. The fraction of sp³-hybridized carbons (Fsp3) is 0.714. The zero-order chi connectivity index (χ0) is 18.0. The highest BCUT2D eigenvalue weighted by Crippen LogP contribution is 2.47. The average molecular weight is 357 g/mol. The van der Waals surface area contributed by atoms with E-state index in [4.69, 9.17) is 0 Å². The lowest BCUT2D eigenvalue weighted by Crippen LogP contribution is -2.42. The van der Waals surface area contributed by atoms with Crippen LogP contribution in [0.5, 0.6) is 0 Å². The van der Waals surface area contributed by atoms with E-state index in [0.29, 0.717) is 17.2 Å². The van der Waals surface area contributed by atoms with E-state index in [0.717, 1.165) is 26.1 Å². The molecule has 5 heteroatoms. The number of piperidine rings is 1. The molecule has 0 unspecified atom stereocenters. The second kappa shape index (κ2) is 7.55. The Morgan fingerprint density at radius 1 is 1.15 bits per heavy atom. The van der Waals surface area contributed by atoms with Gasteiger partial charge in [-0.2, -0.15) is 5.10 Å². The number of carbonyl (C=O) groups excluding carboxylic acids is 1. The standard InChI is InChI=1S/C21H32N4O/c1-23-16-19(15-22-23)17-24-12-8-21(9-13-24)6-4-18(5-7-21)14-20(26)25-10-2-3-11-25/h2-3,15-16,18H,4-14,17H2,1H3. The number of hydrogen-bond acceptors (Lipinski definition) is 3. The van der Waals surface area contributed by atoms with Crippen molar-refractivity contribution in [1.82, 2.24) is 19.6 Å². The van der Waals surface area contributed by atoms with E-state index in [1.807, 2.05) is 22.8 Å². The van der Waals surface area contributed by atoms with Crippen molar-refractivity contribution >= 4 is 5.91 Å². The van der Waals surface area contributed by atoms with Crippen molar-refractivity contribution < 1.29 is 4.79 Å². The van der Waals surface area contributed by atoms with Crippen LogP contribution in [0.1, 0.15) is 50.5 Å².